The third-order valence-electron chi connectivity index (χ3n) is 3.84. The first-order chi connectivity index (χ1) is 12.5. The van der Waals surface area contributed by atoms with Crippen molar-refractivity contribution in [2.75, 3.05) is 27.4 Å². The molecule has 0 heterocycles. The minimum atomic E-state index is -0.0692. The minimum absolute atomic E-state index is 0.0294. The Kier molecular flexibility index (Phi) is 7.48. The van der Waals surface area contributed by atoms with E-state index in [1.54, 1.807) is 37.3 Å². The Morgan fingerprint density at radius 2 is 1.77 bits per heavy atom. The summed E-state index contributed by atoms with van der Waals surface area (Å²) in [6.07, 6.45) is 0.0294. The SMILES string of the molecule is COCCN(Cc1ccccc1)C(=O)c1ccc(OC(C)C)c(OC)c1. The van der Waals surface area contributed by atoms with Crippen molar-refractivity contribution in [3.05, 3.63) is 59.7 Å². The smallest absolute Gasteiger partial charge is 0.254 e. The molecule has 0 aromatic heterocycles. The second-order valence-corrected chi connectivity index (χ2v) is 6.24. The van der Waals surface area contributed by atoms with E-state index in [1.807, 2.05) is 44.2 Å². The lowest BCUT2D eigenvalue weighted by Crippen LogP contribution is -2.33. The fraction of sp³-hybridized carbons (Fsp3) is 0.381. The Labute approximate surface area is 155 Å². The van der Waals surface area contributed by atoms with Crippen molar-refractivity contribution in [1.82, 2.24) is 4.90 Å². The van der Waals surface area contributed by atoms with Gasteiger partial charge in [0.1, 0.15) is 0 Å². The number of ether oxygens (including phenoxy) is 3. The Bertz CT molecular complexity index is 700. The summed E-state index contributed by atoms with van der Waals surface area (Å²) in [5, 5.41) is 0. The molecular weight excluding hydrogens is 330 g/mol. The fourth-order valence-electron chi connectivity index (χ4n) is 2.59. The van der Waals surface area contributed by atoms with Gasteiger partial charge in [-0.15, -0.1) is 0 Å². The van der Waals surface area contributed by atoms with E-state index >= 15 is 0 Å². The van der Waals surface area contributed by atoms with Gasteiger partial charge >= 0.3 is 0 Å². The summed E-state index contributed by atoms with van der Waals surface area (Å²) in [6, 6.07) is 15.2. The van der Waals surface area contributed by atoms with Crippen LogP contribution < -0.4 is 9.47 Å². The molecule has 0 fully saturated rings. The number of carbonyl (C=O) groups is 1. The van der Waals surface area contributed by atoms with E-state index in [9.17, 15) is 4.79 Å². The highest BCUT2D eigenvalue weighted by Gasteiger charge is 2.18. The summed E-state index contributed by atoms with van der Waals surface area (Å²) < 4.78 is 16.3. The molecule has 0 aliphatic heterocycles. The maximum absolute atomic E-state index is 13.0. The van der Waals surface area contributed by atoms with Crippen LogP contribution in [0.2, 0.25) is 0 Å². The zero-order chi connectivity index (χ0) is 18.9. The topological polar surface area (TPSA) is 48.0 Å². The average Bonchev–Trinajstić information content (AvgIpc) is 2.65. The van der Waals surface area contributed by atoms with E-state index in [4.69, 9.17) is 14.2 Å². The number of hydrogen-bond acceptors (Lipinski definition) is 4. The lowest BCUT2D eigenvalue weighted by atomic mass is 10.1. The largest absolute Gasteiger partial charge is 0.493 e. The third kappa shape index (κ3) is 5.49. The van der Waals surface area contributed by atoms with Crippen molar-refractivity contribution in [2.45, 2.75) is 26.5 Å². The Morgan fingerprint density at radius 1 is 1.04 bits per heavy atom. The molecular formula is C21H27NO4. The fourth-order valence-corrected chi connectivity index (χ4v) is 2.59. The van der Waals surface area contributed by atoms with Gasteiger partial charge in [0.25, 0.3) is 5.91 Å². The molecule has 0 atom stereocenters. The van der Waals surface area contributed by atoms with Crippen molar-refractivity contribution in [3.63, 3.8) is 0 Å². The van der Waals surface area contributed by atoms with Crippen LogP contribution in [0.5, 0.6) is 11.5 Å². The molecule has 0 N–H and O–H groups in total. The van der Waals surface area contributed by atoms with Crippen LogP contribution in [-0.4, -0.2) is 44.3 Å². The Hall–Kier alpha value is -2.53. The van der Waals surface area contributed by atoms with E-state index in [0.717, 1.165) is 5.56 Å². The van der Waals surface area contributed by atoms with Crippen LogP contribution >= 0.6 is 0 Å². The van der Waals surface area contributed by atoms with Gasteiger partial charge in [-0.1, -0.05) is 30.3 Å². The van der Waals surface area contributed by atoms with Crippen LogP contribution in [0.1, 0.15) is 29.8 Å². The molecule has 2 aromatic rings. The van der Waals surface area contributed by atoms with Gasteiger partial charge in [-0.3, -0.25) is 4.79 Å². The number of rotatable bonds is 9. The van der Waals surface area contributed by atoms with Crippen LogP contribution in [-0.2, 0) is 11.3 Å². The number of nitrogens with zero attached hydrogens (tertiary/aromatic N) is 1. The zero-order valence-corrected chi connectivity index (χ0v) is 15.9. The molecule has 0 spiro atoms. The Morgan fingerprint density at radius 3 is 2.38 bits per heavy atom. The van der Waals surface area contributed by atoms with Crippen molar-refractivity contribution in [2.24, 2.45) is 0 Å². The standard InChI is InChI=1S/C21H27NO4/c1-16(2)26-19-11-10-18(14-20(19)25-4)21(23)22(12-13-24-3)15-17-8-6-5-7-9-17/h5-11,14,16H,12-13,15H2,1-4H3. The first kappa shape index (κ1) is 19.8. The monoisotopic (exact) mass is 357 g/mol. The van der Waals surface area contributed by atoms with Gasteiger partial charge in [0.2, 0.25) is 0 Å². The van der Waals surface area contributed by atoms with Gasteiger partial charge in [0.05, 0.1) is 19.8 Å². The van der Waals surface area contributed by atoms with E-state index < -0.39 is 0 Å². The highest BCUT2D eigenvalue weighted by Crippen LogP contribution is 2.29. The number of benzene rings is 2. The van der Waals surface area contributed by atoms with Crippen LogP contribution in [0, 0.1) is 0 Å². The molecule has 0 aliphatic rings. The highest BCUT2D eigenvalue weighted by atomic mass is 16.5. The normalized spacial score (nSPS) is 10.7. The molecule has 0 saturated heterocycles. The summed E-state index contributed by atoms with van der Waals surface area (Å²) in [7, 11) is 3.20. The minimum Gasteiger partial charge on any atom is -0.493 e. The lowest BCUT2D eigenvalue weighted by Gasteiger charge is -2.23. The quantitative estimate of drug-likeness (QED) is 0.685. The van der Waals surface area contributed by atoms with Crippen LogP contribution in [0.4, 0.5) is 0 Å². The van der Waals surface area contributed by atoms with Crippen LogP contribution in [0.25, 0.3) is 0 Å². The number of hydrogen-bond donors (Lipinski definition) is 0. The van der Waals surface area contributed by atoms with Crippen molar-refractivity contribution < 1.29 is 19.0 Å². The van der Waals surface area contributed by atoms with Crippen LogP contribution in [0.15, 0.2) is 48.5 Å². The number of amides is 1. The summed E-state index contributed by atoms with van der Waals surface area (Å²) >= 11 is 0. The maximum atomic E-state index is 13.0. The molecule has 2 aromatic carbocycles. The molecule has 0 bridgehead atoms. The lowest BCUT2D eigenvalue weighted by molar-refractivity contribution is 0.0680. The maximum Gasteiger partial charge on any atom is 0.254 e. The molecule has 5 heteroatoms. The van der Waals surface area contributed by atoms with Gasteiger partial charge in [-0.05, 0) is 37.6 Å². The van der Waals surface area contributed by atoms with Gasteiger partial charge < -0.3 is 19.1 Å². The van der Waals surface area contributed by atoms with Crippen LogP contribution in [0.3, 0.4) is 0 Å². The van der Waals surface area contributed by atoms with E-state index in [0.29, 0.717) is 36.8 Å². The highest BCUT2D eigenvalue weighted by molar-refractivity contribution is 5.95. The summed E-state index contributed by atoms with van der Waals surface area (Å²) in [5.74, 6) is 1.11. The summed E-state index contributed by atoms with van der Waals surface area (Å²) in [6.45, 7) is 5.41. The molecule has 140 valence electrons. The second kappa shape index (κ2) is 9.82. The molecule has 0 aliphatic carbocycles. The molecule has 1 amide bonds. The summed E-state index contributed by atoms with van der Waals surface area (Å²) in [4.78, 5) is 14.8. The van der Waals surface area contributed by atoms with Crippen molar-refractivity contribution in [1.29, 1.82) is 0 Å². The Balaban J connectivity index is 2.23. The third-order valence-corrected chi connectivity index (χ3v) is 3.84. The molecule has 2 rings (SSSR count). The predicted molar refractivity (Wildman–Crippen MR) is 102 cm³/mol. The summed E-state index contributed by atoms with van der Waals surface area (Å²) in [5.41, 5.74) is 1.63. The number of methoxy groups -OCH3 is 2. The van der Waals surface area contributed by atoms with E-state index in [-0.39, 0.29) is 12.0 Å². The molecule has 0 unspecified atom stereocenters. The van der Waals surface area contributed by atoms with Crippen molar-refractivity contribution in [3.8, 4) is 11.5 Å². The molecule has 5 nitrogen and oxygen atoms in total. The first-order valence-electron chi connectivity index (χ1n) is 8.72. The van der Waals surface area contributed by atoms with Gasteiger partial charge in [-0.2, -0.15) is 0 Å². The van der Waals surface area contributed by atoms with Gasteiger partial charge in [0.15, 0.2) is 11.5 Å². The van der Waals surface area contributed by atoms with E-state index in [2.05, 4.69) is 0 Å². The second-order valence-electron chi connectivity index (χ2n) is 6.24. The van der Waals surface area contributed by atoms with Crippen molar-refractivity contribution >= 4 is 5.91 Å². The predicted octanol–water partition coefficient (Wildman–Crippen LogP) is 3.77. The zero-order valence-electron chi connectivity index (χ0n) is 15.9. The first-order valence-corrected chi connectivity index (χ1v) is 8.72. The molecule has 26 heavy (non-hydrogen) atoms. The molecule has 0 saturated carbocycles. The number of carbonyl (C=O) groups excluding carboxylic acids is 1. The molecule has 0 radical (unpaired) electrons. The van der Waals surface area contributed by atoms with Gasteiger partial charge in [-0.25, -0.2) is 0 Å². The van der Waals surface area contributed by atoms with Gasteiger partial charge in [0, 0.05) is 25.8 Å². The average molecular weight is 357 g/mol. The van der Waals surface area contributed by atoms with E-state index in [1.165, 1.54) is 0 Å².